The van der Waals surface area contributed by atoms with E-state index in [1.54, 1.807) is 0 Å². The van der Waals surface area contributed by atoms with Gasteiger partial charge in [-0.2, -0.15) is 0 Å². The second-order valence-corrected chi connectivity index (χ2v) is 6.18. The Labute approximate surface area is 110 Å². The smallest absolute Gasteiger partial charge is 0.365 e. The standard InChI is InChI=1S/C12H18N2O3S/c1-7(12(2,3)4)5-13-9(15)8-6-18-10(14-8)11(16)17/h6-7H,5H2,1-4H3,(H,13,15)(H,16,17). The van der Waals surface area contributed by atoms with E-state index in [1.165, 1.54) is 5.38 Å². The minimum absolute atomic E-state index is 0.0657. The summed E-state index contributed by atoms with van der Waals surface area (Å²) in [6.45, 7) is 8.92. The van der Waals surface area contributed by atoms with E-state index < -0.39 is 5.97 Å². The van der Waals surface area contributed by atoms with Crippen molar-refractivity contribution in [2.45, 2.75) is 27.7 Å². The molecule has 1 aromatic rings. The molecule has 2 N–H and O–H groups in total. The minimum atomic E-state index is -1.11. The highest BCUT2D eigenvalue weighted by atomic mass is 32.1. The summed E-state index contributed by atoms with van der Waals surface area (Å²) >= 11 is 0.954. The molecule has 1 aromatic heterocycles. The molecule has 1 atom stereocenters. The highest BCUT2D eigenvalue weighted by Crippen LogP contribution is 2.24. The monoisotopic (exact) mass is 270 g/mol. The average Bonchev–Trinajstić information content (AvgIpc) is 2.73. The molecule has 1 heterocycles. The number of aromatic carboxylic acids is 1. The second kappa shape index (κ2) is 5.48. The summed E-state index contributed by atoms with van der Waals surface area (Å²) in [6, 6.07) is 0. The first kappa shape index (κ1) is 14.6. The van der Waals surface area contributed by atoms with Gasteiger partial charge in [-0.25, -0.2) is 9.78 Å². The molecule has 0 saturated heterocycles. The third-order valence-electron chi connectivity index (χ3n) is 2.97. The SMILES string of the molecule is CC(CNC(=O)c1csc(C(=O)O)n1)C(C)(C)C. The van der Waals surface area contributed by atoms with Gasteiger partial charge < -0.3 is 10.4 Å². The maximum absolute atomic E-state index is 11.8. The van der Waals surface area contributed by atoms with Crippen LogP contribution in [0.3, 0.4) is 0 Å². The number of hydrogen-bond acceptors (Lipinski definition) is 4. The van der Waals surface area contributed by atoms with E-state index in [-0.39, 0.29) is 22.0 Å². The zero-order chi connectivity index (χ0) is 13.9. The van der Waals surface area contributed by atoms with Gasteiger partial charge in [0, 0.05) is 11.9 Å². The van der Waals surface area contributed by atoms with Gasteiger partial charge >= 0.3 is 5.97 Å². The zero-order valence-electron chi connectivity index (χ0n) is 11.0. The lowest BCUT2D eigenvalue weighted by Gasteiger charge is -2.27. The molecule has 6 heteroatoms. The van der Waals surface area contributed by atoms with Crippen LogP contribution in [0.25, 0.3) is 0 Å². The van der Waals surface area contributed by atoms with Crippen molar-refractivity contribution < 1.29 is 14.7 Å². The van der Waals surface area contributed by atoms with E-state index in [0.717, 1.165) is 11.3 Å². The topological polar surface area (TPSA) is 79.3 Å². The Kier molecular flexibility index (Phi) is 4.45. The number of carboxylic acid groups (broad SMARTS) is 1. The molecule has 0 aliphatic rings. The van der Waals surface area contributed by atoms with Gasteiger partial charge in [0.25, 0.3) is 5.91 Å². The predicted molar refractivity (Wildman–Crippen MR) is 70.0 cm³/mol. The molecular formula is C12H18N2O3S. The molecule has 5 nitrogen and oxygen atoms in total. The summed E-state index contributed by atoms with van der Waals surface area (Å²) < 4.78 is 0. The molecule has 0 fully saturated rings. The van der Waals surface area contributed by atoms with Gasteiger partial charge in [-0.15, -0.1) is 11.3 Å². The average molecular weight is 270 g/mol. The number of nitrogens with zero attached hydrogens (tertiary/aromatic N) is 1. The molecule has 0 aromatic carbocycles. The Bertz CT molecular complexity index is 448. The van der Waals surface area contributed by atoms with Crippen LogP contribution in [0.2, 0.25) is 0 Å². The van der Waals surface area contributed by atoms with Crippen LogP contribution in [-0.4, -0.2) is 28.5 Å². The van der Waals surface area contributed by atoms with E-state index in [0.29, 0.717) is 12.5 Å². The van der Waals surface area contributed by atoms with Crippen molar-refractivity contribution in [3.63, 3.8) is 0 Å². The van der Waals surface area contributed by atoms with Gasteiger partial charge in [-0.1, -0.05) is 27.7 Å². The molecule has 18 heavy (non-hydrogen) atoms. The highest BCUT2D eigenvalue weighted by Gasteiger charge is 2.21. The quantitative estimate of drug-likeness (QED) is 0.879. The molecular weight excluding hydrogens is 252 g/mol. The van der Waals surface area contributed by atoms with Crippen LogP contribution < -0.4 is 5.32 Å². The molecule has 1 unspecified atom stereocenters. The number of carboxylic acids is 1. The third-order valence-corrected chi connectivity index (χ3v) is 3.80. The van der Waals surface area contributed by atoms with Crippen molar-refractivity contribution in [3.8, 4) is 0 Å². The number of amides is 1. The van der Waals surface area contributed by atoms with Crippen molar-refractivity contribution in [1.29, 1.82) is 0 Å². The van der Waals surface area contributed by atoms with Crippen LogP contribution in [0.5, 0.6) is 0 Å². The normalized spacial score (nSPS) is 13.1. The summed E-state index contributed by atoms with van der Waals surface area (Å²) in [5, 5.41) is 12.9. The fourth-order valence-corrected chi connectivity index (χ4v) is 1.75. The molecule has 100 valence electrons. The molecule has 0 bridgehead atoms. The summed E-state index contributed by atoms with van der Waals surface area (Å²) in [5.74, 6) is -1.11. The Morgan fingerprint density at radius 1 is 1.50 bits per heavy atom. The van der Waals surface area contributed by atoms with Crippen LogP contribution in [0, 0.1) is 11.3 Å². The number of carbonyl (C=O) groups excluding carboxylic acids is 1. The van der Waals surface area contributed by atoms with Crippen molar-refractivity contribution in [2.24, 2.45) is 11.3 Å². The zero-order valence-corrected chi connectivity index (χ0v) is 11.8. The Morgan fingerprint density at radius 2 is 2.11 bits per heavy atom. The largest absolute Gasteiger partial charge is 0.476 e. The van der Waals surface area contributed by atoms with Crippen LogP contribution >= 0.6 is 11.3 Å². The molecule has 0 aliphatic carbocycles. The van der Waals surface area contributed by atoms with Gasteiger partial charge in [0.15, 0.2) is 0 Å². The van der Waals surface area contributed by atoms with Gasteiger partial charge in [-0.05, 0) is 11.3 Å². The Hall–Kier alpha value is -1.43. The van der Waals surface area contributed by atoms with Crippen LogP contribution in [0.4, 0.5) is 0 Å². The van der Waals surface area contributed by atoms with E-state index in [2.05, 4.69) is 38.0 Å². The molecule has 0 saturated carbocycles. The van der Waals surface area contributed by atoms with E-state index in [4.69, 9.17) is 5.11 Å². The Balaban J connectivity index is 2.58. The first-order chi connectivity index (χ1) is 8.21. The number of thiazole rings is 1. The summed E-state index contributed by atoms with van der Waals surface area (Å²) in [7, 11) is 0. The lowest BCUT2D eigenvalue weighted by atomic mass is 9.82. The maximum atomic E-state index is 11.8. The van der Waals surface area contributed by atoms with E-state index in [1.807, 2.05) is 0 Å². The van der Waals surface area contributed by atoms with Crippen molar-refractivity contribution in [1.82, 2.24) is 10.3 Å². The molecule has 0 aliphatic heterocycles. The molecule has 0 radical (unpaired) electrons. The first-order valence-electron chi connectivity index (χ1n) is 5.69. The number of hydrogen-bond donors (Lipinski definition) is 2. The van der Waals surface area contributed by atoms with E-state index in [9.17, 15) is 9.59 Å². The van der Waals surface area contributed by atoms with Gasteiger partial charge in [0.05, 0.1) is 0 Å². The Morgan fingerprint density at radius 3 is 2.56 bits per heavy atom. The first-order valence-corrected chi connectivity index (χ1v) is 6.57. The summed E-state index contributed by atoms with van der Waals surface area (Å²) in [4.78, 5) is 26.2. The fourth-order valence-electron chi connectivity index (χ4n) is 1.12. The number of nitrogens with one attached hydrogen (secondary N) is 1. The summed E-state index contributed by atoms with van der Waals surface area (Å²) in [6.07, 6.45) is 0. The molecule has 1 rings (SSSR count). The van der Waals surface area contributed by atoms with E-state index >= 15 is 0 Å². The second-order valence-electron chi connectivity index (χ2n) is 5.32. The van der Waals surface area contributed by atoms with Crippen LogP contribution in [0.1, 0.15) is 48.0 Å². The number of rotatable bonds is 4. The minimum Gasteiger partial charge on any atom is -0.476 e. The summed E-state index contributed by atoms with van der Waals surface area (Å²) in [5.41, 5.74) is 0.278. The third kappa shape index (κ3) is 3.80. The lowest BCUT2D eigenvalue weighted by Crippen LogP contribution is -2.33. The van der Waals surface area contributed by atoms with Crippen molar-refractivity contribution >= 4 is 23.2 Å². The van der Waals surface area contributed by atoms with Gasteiger partial charge in [0.1, 0.15) is 5.69 Å². The lowest BCUT2D eigenvalue weighted by molar-refractivity contribution is 0.0696. The molecule has 0 spiro atoms. The number of carbonyl (C=O) groups is 2. The predicted octanol–water partition coefficient (Wildman–Crippen LogP) is 2.25. The van der Waals surface area contributed by atoms with Gasteiger partial charge in [-0.3, -0.25) is 4.79 Å². The van der Waals surface area contributed by atoms with Crippen molar-refractivity contribution in [2.75, 3.05) is 6.54 Å². The maximum Gasteiger partial charge on any atom is 0.365 e. The fraction of sp³-hybridized carbons (Fsp3) is 0.583. The van der Waals surface area contributed by atoms with Crippen LogP contribution in [-0.2, 0) is 0 Å². The highest BCUT2D eigenvalue weighted by molar-refractivity contribution is 7.11. The number of aromatic nitrogens is 1. The molecule has 1 amide bonds. The van der Waals surface area contributed by atoms with Gasteiger partial charge in [0.2, 0.25) is 5.01 Å². The van der Waals surface area contributed by atoms with Crippen LogP contribution in [0.15, 0.2) is 5.38 Å². The van der Waals surface area contributed by atoms with Crippen molar-refractivity contribution in [3.05, 3.63) is 16.1 Å².